The van der Waals surface area contributed by atoms with Gasteiger partial charge in [0.1, 0.15) is 13.2 Å². The summed E-state index contributed by atoms with van der Waals surface area (Å²) in [7, 11) is 0. The zero-order valence-corrected chi connectivity index (χ0v) is 12.3. The van der Waals surface area contributed by atoms with Crippen LogP contribution in [0.15, 0.2) is 23.1 Å². The molecule has 0 saturated heterocycles. The van der Waals surface area contributed by atoms with Crippen LogP contribution in [0.1, 0.15) is 25.7 Å². The number of thioether (sulfide) groups is 1. The highest BCUT2D eigenvalue weighted by Gasteiger charge is 2.11. The first-order valence-corrected chi connectivity index (χ1v) is 8.15. The van der Waals surface area contributed by atoms with E-state index in [0.717, 1.165) is 17.3 Å². The Morgan fingerprint density at radius 3 is 2.61 bits per heavy atom. The number of hydrogen-bond donors (Lipinski definition) is 1. The van der Waals surface area contributed by atoms with Gasteiger partial charge in [0, 0.05) is 4.90 Å². The smallest absolute Gasteiger partial charge is 0.162 e. The molecule has 100 valence electrons. The largest absolute Gasteiger partial charge is 0.486 e. The van der Waals surface area contributed by atoms with E-state index >= 15 is 0 Å². The molecule has 1 heterocycles. The molecule has 0 unspecified atom stereocenters. The minimum atomic E-state index is 0.657. The summed E-state index contributed by atoms with van der Waals surface area (Å²) in [6.45, 7) is 1.31. The lowest BCUT2D eigenvalue weighted by Crippen LogP contribution is -2.15. The van der Waals surface area contributed by atoms with Crippen LogP contribution in [0.4, 0.5) is 0 Å². The number of fused-ring (bicyclic) bond motifs is 1. The Balaban J connectivity index is 1.72. The Bertz CT molecular complexity index is 369. The SMILES string of the molecule is SCCCCCCSc1ccc2c(c1)OCCO2. The van der Waals surface area contributed by atoms with E-state index in [0.29, 0.717) is 13.2 Å². The third-order valence-electron chi connectivity index (χ3n) is 2.83. The average Bonchev–Trinajstić information content (AvgIpc) is 2.42. The molecular formula is C14H20O2S2. The van der Waals surface area contributed by atoms with E-state index in [4.69, 9.17) is 9.47 Å². The lowest BCUT2D eigenvalue weighted by Gasteiger charge is -2.18. The third-order valence-corrected chi connectivity index (χ3v) is 4.23. The zero-order valence-electron chi connectivity index (χ0n) is 10.6. The molecule has 2 rings (SSSR count). The van der Waals surface area contributed by atoms with Crippen LogP contribution in [0, 0.1) is 0 Å². The van der Waals surface area contributed by atoms with Gasteiger partial charge in [0.2, 0.25) is 0 Å². The molecule has 0 amide bonds. The number of thiol groups is 1. The molecule has 0 aromatic heterocycles. The monoisotopic (exact) mass is 284 g/mol. The van der Waals surface area contributed by atoms with Gasteiger partial charge in [0.25, 0.3) is 0 Å². The van der Waals surface area contributed by atoms with Gasteiger partial charge in [-0.2, -0.15) is 12.6 Å². The van der Waals surface area contributed by atoms with Crippen LogP contribution in [0.3, 0.4) is 0 Å². The Labute approximate surface area is 119 Å². The summed E-state index contributed by atoms with van der Waals surface area (Å²) in [6.07, 6.45) is 5.11. The molecule has 0 aliphatic carbocycles. The van der Waals surface area contributed by atoms with Crippen molar-refractivity contribution in [3.05, 3.63) is 18.2 Å². The summed E-state index contributed by atoms with van der Waals surface area (Å²) in [5.41, 5.74) is 0. The van der Waals surface area contributed by atoms with Gasteiger partial charge in [-0.05, 0) is 42.5 Å². The van der Waals surface area contributed by atoms with Crippen LogP contribution in [-0.4, -0.2) is 24.7 Å². The zero-order chi connectivity index (χ0) is 12.6. The van der Waals surface area contributed by atoms with E-state index in [-0.39, 0.29) is 0 Å². The van der Waals surface area contributed by atoms with Crippen LogP contribution in [-0.2, 0) is 0 Å². The Morgan fingerprint density at radius 1 is 1.00 bits per heavy atom. The second-order valence-electron chi connectivity index (χ2n) is 4.29. The van der Waals surface area contributed by atoms with Crippen LogP contribution >= 0.6 is 24.4 Å². The fourth-order valence-electron chi connectivity index (χ4n) is 1.87. The Kier molecular flexibility index (Phi) is 6.08. The second-order valence-corrected chi connectivity index (χ2v) is 5.91. The number of rotatable bonds is 7. The minimum absolute atomic E-state index is 0.657. The molecule has 0 N–H and O–H groups in total. The molecule has 1 aromatic rings. The highest BCUT2D eigenvalue weighted by atomic mass is 32.2. The quantitative estimate of drug-likeness (QED) is 0.463. The normalized spacial score (nSPS) is 13.6. The maximum atomic E-state index is 5.58. The third kappa shape index (κ3) is 4.32. The first-order valence-electron chi connectivity index (χ1n) is 6.53. The van der Waals surface area contributed by atoms with Gasteiger partial charge in [0.15, 0.2) is 11.5 Å². The van der Waals surface area contributed by atoms with Crippen molar-refractivity contribution in [1.82, 2.24) is 0 Å². The molecule has 4 heteroatoms. The highest BCUT2D eigenvalue weighted by molar-refractivity contribution is 7.99. The van der Waals surface area contributed by atoms with Crippen LogP contribution < -0.4 is 9.47 Å². The van der Waals surface area contributed by atoms with Crippen molar-refractivity contribution >= 4 is 24.4 Å². The average molecular weight is 284 g/mol. The van der Waals surface area contributed by atoms with Crippen molar-refractivity contribution < 1.29 is 9.47 Å². The molecule has 18 heavy (non-hydrogen) atoms. The van der Waals surface area contributed by atoms with Crippen LogP contribution in [0.2, 0.25) is 0 Å². The maximum Gasteiger partial charge on any atom is 0.162 e. The molecule has 0 radical (unpaired) electrons. The van der Waals surface area contributed by atoms with Crippen molar-refractivity contribution in [2.45, 2.75) is 30.6 Å². The molecule has 0 saturated carbocycles. The van der Waals surface area contributed by atoms with E-state index in [1.165, 1.54) is 36.3 Å². The molecule has 1 aromatic carbocycles. The van der Waals surface area contributed by atoms with Gasteiger partial charge in [-0.15, -0.1) is 11.8 Å². The van der Waals surface area contributed by atoms with Gasteiger partial charge in [0.05, 0.1) is 0 Å². The van der Waals surface area contributed by atoms with E-state index in [2.05, 4.69) is 24.8 Å². The lowest BCUT2D eigenvalue weighted by molar-refractivity contribution is 0.171. The van der Waals surface area contributed by atoms with E-state index in [1.54, 1.807) is 0 Å². The Morgan fingerprint density at radius 2 is 1.78 bits per heavy atom. The van der Waals surface area contributed by atoms with Crippen molar-refractivity contribution in [2.75, 3.05) is 24.7 Å². The number of benzene rings is 1. The fraction of sp³-hybridized carbons (Fsp3) is 0.571. The van der Waals surface area contributed by atoms with Gasteiger partial charge >= 0.3 is 0 Å². The fourth-order valence-corrected chi connectivity index (χ4v) is 3.03. The molecular weight excluding hydrogens is 264 g/mol. The summed E-state index contributed by atoms with van der Waals surface area (Å²) >= 11 is 6.11. The molecule has 0 fully saturated rings. The molecule has 1 aliphatic heterocycles. The van der Waals surface area contributed by atoms with Crippen molar-refractivity contribution in [1.29, 1.82) is 0 Å². The first-order chi connectivity index (χ1) is 8.90. The molecule has 2 nitrogen and oxygen atoms in total. The topological polar surface area (TPSA) is 18.5 Å². The van der Waals surface area contributed by atoms with Crippen molar-refractivity contribution in [3.63, 3.8) is 0 Å². The number of unbranched alkanes of at least 4 members (excludes halogenated alkanes) is 3. The summed E-state index contributed by atoms with van der Waals surface area (Å²) < 4.78 is 11.1. The van der Waals surface area contributed by atoms with Gasteiger partial charge < -0.3 is 9.47 Å². The second kappa shape index (κ2) is 7.85. The summed E-state index contributed by atoms with van der Waals surface area (Å²) in [5.74, 6) is 3.95. The minimum Gasteiger partial charge on any atom is -0.486 e. The maximum absolute atomic E-state index is 5.58. The standard InChI is InChI=1S/C14H20O2S2/c17-9-3-1-2-4-10-18-12-5-6-13-14(11-12)16-8-7-15-13/h5-6,11,17H,1-4,7-10H2. The summed E-state index contributed by atoms with van der Waals surface area (Å²) in [6, 6.07) is 6.22. The van der Waals surface area contributed by atoms with Crippen LogP contribution in [0.25, 0.3) is 0 Å². The molecule has 1 aliphatic rings. The van der Waals surface area contributed by atoms with Crippen molar-refractivity contribution in [3.8, 4) is 11.5 Å². The van der Waals surface area contributed by atoms with E-state index in [1.807, 2.05) is 17.8 Å². The van der Waals surface area contributed by atoms with Gasteiger partial charge in [-0.1, -0.05) is 12.8 Å². The number of hydrogen-bond acceptors (Lipinski definition) is 4. The van der Waals surface area contributed by atoms with E-state index < -0.39 is 0 Å². The first kappa shape index (κ1) is 13.9. The molecule has 0 atom stereocenters. The number of ether oxygens (including phenoxy) is 2. The van der Waals surface area contributed by atoms with Crippen LogP contribution in [0.5, 0.6) is 11.5 Å². The van der Waals surface area contributed by atoms with Crippen molar-refractivity contribution in [2.24, 2.45) is 0 Å². The summed E-state index contributed by atoms with van der Waals surface area (Å²) in [5, 5.41) is 0. The predicted octanol–water partition coefficient (Wildman–Crippen LogP) is 4.04. The Hall–Kier alpha value is -0.480. The van der Waals surface area contributed by atoms with Gasteiger partial charge in [-0.25, -0.2) is 0 Å². The lowest BCUT2D eigenvalue weighted by atomic mass is 10.2. The predicted molar refractivity (Wildman–Crippen MR) is 80.5 cm³/mol. The van der Waals surface area contributed by atoms with E-state index in [9.17, 15) is 0 Å². The van der Waals surface area contributed by atoms with Gasteiger partial charge in [-0.3, -0.25) is 0 Å². The molecule has 0 bridgehead atoms. The molecule has 0 spiro atoms. The highest BCUT2D eigenvalue weighted by Crippen LogP contribution is 2.34. The summed E-state index contributed by atoms with van der Waals surface area (Å²) in [4.78, 5) is 1.27.